The molecule has 1 aromatic carbocycles. The van der Waals surface area contributed by atoms with Crippen molar-refractivity contribution in [2.24, 2.45) is 0 Å². The molecule has 1 atom stereocenters. The quantitative estimate of drug-likeness (QED) is 0.896. The van der Waals surface area contributed by atoms with Gasteiger partial charge >= 0.3 is 0 Å². The van der Waals surface area contributed by atoms with Gasteiger partial charge in [0.15, 0.2) is 0 Å². The van der Waals surface area contributed by atoms with Crippen LogP contribution in [0.5, 0.6) is 0 Å². The topological polar surface area (TPSA) is 76.0 Å². The highest BCUT2D eigenvalue weighted by Gasteiger charge is 2.30. The molecule has 0 aliphatic carbocycles. The fourth-order valence-electron chi connectivity index (χ4n) is 2.79. The van der Waals surface area contributed by atoms with Crippen LogP contribution < -0.4 is 10.6 Å². The molecule has 2 aromatic rings. The first-order valence-electron chi connectivity index (χ1n) is 7.24. The fourth-order valence-corrected chi connectivity index (χ4v) is 2.79. The number of hydrogen-bond acceptors (Lipinski definition) is 3. The van der Waals surface area contributed by atoms with E-state index >= 15 is 0 Å². The molecule has 1 unspecified atom stereocenters. The first kappa shape index (κ1) is 14.3. The van der Waals surface area contributed by atoms with Gasteiger partial charge in [-0.1, -0.05) is 24.3 Å². The SMILES string of the molecule is CNC(=O)CC1CNC(=O)c2cnc(-c3ccccc3C)n21. The van der Waals surface area contributed by atoms with Crippen molar-refractivity contribution in [3.63, 3.8) is 0 Å². The van der Waals surface area contributed by atoms with E-state index in [4.69, 9.17) is 0 Å². The minimum absolute atomic E-state index is 0.0588. The summed E-state index contributed by atoms with van der Waals surface area (Å²) in [6.45, 7) is 2.43. The van der Waals surface area contributed by atoms with Crippen molar-refractivity contribution in [2.75, 3.05) is 13.6 Å². The van der Waals surface area contributed by atoms with Crippen LogP contribution >= 0.6 is 0 Å². The second-order valence-electron chi connectivity index (χ2n) is 5.39. The van der Waals surface area contributed by atoms with E-state index in [9.17, 15) is 9.59 Å². The molecule has 114 valence electrons. The van der Waals surface area contributed by atoms with E-state index in [2.05, 4.69) is 15.6 Å². The Labute approximate surface area is 128 Å². The molecule has 0 fully saturated rings. The highest BCUT2D eigenvalue weighted by Crippen LogP contribution is 2.29. The zero-order valence-electron chi connectivity index (χ0n) is 12.6. The predicted molar refractivity (Wildman–Crippen MR) is 82.5 cm³/mol. The molecule has 0 saturated heterocycles. The van der Waals surface area contributed by atoms with Gasteiger partial charge in [0.1, 0.15) is 11.5 Å². The number of nitrogens with zero attached hydrogens (tertiary/aromatic N) is 2. The van der Waals surface area contributed by atoms with Crippen molar-refractivity contribution in [3.8, 4) is 11.4 Å². The lowest BCUT2D eigenvalue weighted by Gasteiger charge is -2.27. The number of aromatic nitrogens is 2. The second kappa shape index (κ2) is 5.63. The summed E-state index contributed by atoms with van der Waals surface area (Å²) in [5.74, 6) is 0.522. The lowest BCUT2D eigenvalue weighted by atomic mass is 10.1. The molecule has 6 heteroatoms. The summed E-state index contributed by atoms with van der Waals surface area (Å²) in [7, 11) is 1.61. The number of amides is 2. The predicted octanol–water partition coefficient (Wildman–Crippen LogP) is 1.28. The van der Waals surface area contributed by atoms with Crippen LogP contribution in [0.2, 0.25) is 0 Å². The summed E-state index contributed by atoms with van der Waals surface area (Å²) >= 11 is 0. The number of hydrogen-bond donors (Lipinski definition) is 2. The summed E-state index contributed by atoms with van der Waals surface area (Å²) in [6, 6.07) is 7.76. The maximum atomic E-state index is 12.0. The summed E-state index contributed by atoms with van der Waals surface area (Å²) in [5, 5.41) is 5.45. The molecule has 3 rings (SSSR count). The molecule has 6 nitrogen and oxygen atoms in total. The molecule has 2 heterocycles. The Hall–Kier alpha value is -2.63. The average molecular weight is 298 g/mol. The minimum Gasteiger partial charge on any atom is -0.359 e. The lowest BCUT2D eigenvalue weighted by molar-refractivity contribution is -0.121. The van der Waals surface area contributed by atoms with Crippen molar-refractivity contribution in [2.45, 2.75) is 19.4 Å². The Morgan fingerprint density at radius 3 is 2.95 bits per heavy atom. The van der Waals surface area contributed by atoms with Gasteiger partial charge in [-0.3, -0.25) is 9.59 Å². The number of rotatable bonds is 3. The number of carbonyl (C=O) groups excluding carboxylic acids is 2. The van der Waals surface area contributed by atoms with Crippen LogP contribution in [0.3, 0.4) is 0 Å². The molecule has 1 aliphatic heterocycles. The molecule has 2 amide bonds. The van der Waals surface area contributed by atoms with Crippen LogP contribution in [0.1, 0.15) is 28.5 Å². The van der Waals surface area contributed by atoms with Crippen LogP contribution in [-0.2, 0) is 4.79 Å². The third kappa shape index (κ3) is 2.36. The van der Waals surface area contributed by atoms with Crippen LogP contribution in [-0.4, -0.2) is 35.0 Å². The third-order valence-corrected chi connectivity index (χ3v) is 3.98. The van der Waals surface area contributed by atoms with Crippen LogP contribution in [0.4, 0.5) is 0 Å². The minimum atomic E-state index is -0.152. The number of carbonyl (C=O) groups is 2. The van der Waals surface area contributed by atoms with Gasteiger partial charge in [0, 0.05) is 25.6 Å². The van der Waals surface area contributed by atoms with Crippen LogP contribution in [0.25, 0.3) is 11.4 Å². The lowest BCUT2D eigenvalue weighted by Crippen LogP contribution is -2.40. The highest BCUT2D eigenvalue weighted by molar-refractivity contribution is 5.94. The van der Waals surface area contributed by atoms with Crippen molar-refractivity contribution in [1.29, 1.82) is 0 Å². The molecule has 22 heavy (non-hydrogen) atoms. The smallest absolute Gasteiger partial charge is 0.269 e. The van der Waals surface area contributed by atoms with E-state index in [0.29, 0.717) is 18.7 Å². The van der Waals surface area contributed by atoms with Crippen LogP contribution in [0.15, 0.2) is 30.5 Å². The highest BCUT2D eigenvalue weighted by atomic mass is 16.2. The van der Waals surface area contributed by atoms with E-state index in [-0.39, 0.29) is 17.9 Å². The largest absolute Gasteiger partial charge is 0.359 e. The molecule has 0 saturated carbocycles. The molecular weight excluding hydrogens is 280 g/mol. The van der Waals surface area contributed by atoms with E-state index in [0.717, 1.165) is 17.0 Å². The Balaban J connectivity index is 2.09. The standard InChI is InChI=1S/C16H18N4O2/c1-10-5-3-4-6-12(10)15-18-9-13-16(22)19-8-11(20(13)15)7-14(21)17-2/h3-6,9,11H,7-8H2,1-2H3,(H,17,21)(H,19,22). The van der Waals surface area contributed by atoms with Gasteiger partial charge < -0.3 is 15.2 Å². The van der Waals surface area contributed by atoms with Crippen molar-refractivity contribution in [1.82, 2.24) is 20.2 Å². The number of fused-ring (bicyclic) bond motifs is 1. The molecule has 2 N–H and O–H groups in total. The number of imidazole rings is 1. The molecule has 1 aliphatic rings. The Kier molecular flexibility index (Phi) is 3.66. The van der Waals surface area contributed by atoms with E-state index in [1.54, 1.807) is 13.2 Å². The molecular formula is C16H18N4O2. The Morgan fingerprint density at radius 1 is 1.45 bits per heavy atom. The normalized spacial score (nSPS) is 16.8. The zero-order valence-corrected chi connectivity index (χ0v) is 12.6. The van der Waals surface area contributed by atoms with Crippen LogP contribution in [0, 0.1) is 6.92 Å². The first-order valence-corrected chi connectivity index (χ1v) is 7.24. The summed E-state index contributed by atoms with van der Waals surface area (Å²) in [4.78, 5) is 28.2. The van der Waals surface area contributed by atoms with E-state index in [1.807, 2.05) is 35.8 Å². The van der Waals surface area contributed by atoms with Gasteiger partial charge in [0.25, 0.3) is 5.91 Å². The Morgan fingerprint density at radius 2 is 2.23 bits per heavy atom. The first-order chi connectivity index (χ1) is 10.6. The van der Waals surface area contributed by atoms with Crippen molar-refractivity contribution in [3.05, 3.63) is 41.7 Å². The van der Waals surface area contributed by atoms with Gasteiger partial charge in [-0.25, -0.2) is 4.98 Å². The second-order valence-corrected chi connectivity index (χ2v) is 5.39. The van der Waals surface area contributed by atoms with E-state index in [1.165, 1.54) is 0 Å². The van der Waals surface area contributed by atoms with Gasteiger partial charge in [-0.2, -0.15) is 0 Å². The van der Waals surface area contributed by atoms with Gasteiger partial charge in [0.05, 0.1) is 12.2 Å². The van der Waals surface area contributed by atoms with E-state index < -0.39 is 0 Å². The van der Waals surface area contributed by atoms with Crippen molar-refractivity contribution >= 4 is 11.8 Å². The molecule has 0 bridgehead atoms. The summed E-state index contributed by atoms with van der Waals surface area (Å²) < 4.78 is 1.89. The molecule has 0 radical (unpaired) electrons. The number of aryl methyl sites for hydroxylation is 1. The maximum Gasteiger partial charge on any atom is 0.269 e. The van der Waals surface area contributed by atoms with Gasteiger partial charge in [-0.05, 0) is 12.5 Å². The van der Waals surface area contributed by atoms with Gasteiger partial charge in [-0.15, -0.1) is 0 Å². The Bertz CT molecular complexity index is 735. The molecule has 1 aromatic heterocycles. The van der Waals surface area contributed by atoms with Gasteiger partial charge in [0.2, 0.25) is 5.91 Å². The molecule has 0 spiro atoms. The monoisotopic (exact) mass is 298 g/mol. The number of nitrogens with one attached hydrogen (secondary N) is 2. The third-order valence-electron chi connectivity index (χ3n) is 3.98. The van der Waals surface area contributed by atoms with Crippen molar-refractivity contribution < 1.29 is 9.59 Å². The number of benzene rings is 1. The maximum absolute atomic E-state index is 12.0. The zero-order chi connectivity index (χ0) is 15.7. The summed E-state index contributed by atoms with van der Waals surface area (Å²) in [5.41, 5.74) is 2.56. The summed E-state index contributed by atoms with van der Waals surface area (Å²) in [6.07, 6.45) is 1.88. The average Bonchev–Trinajstić information content (AvgIpc) is 2.96. The fraction of sp³-hybridized carbons (Fsp3) is 0.312.